The molecular weight excluding hydrogens is 342 g/mol. The maximum absolute atomic E-state index is 12.8. The number of ether oxygens (including phenoxy) is 1. The number of amides is 1. The van der Waals surface area contributed by atoms with E-state index in [1.54, 1.807) is 17.3 Å². The molecule has 3 heterocycles. The highest BCUT2D eigenvalue weighted by atomic mass is 16.5. The Labute approximate surface area is 159 Å². The van der Waals surface area contributed by atoms with Crippen LogP contribution in [0, 0.1) is 5.92 Å². The number of rotatable bonds is 4. The summed E-state index contributed by atoms with van der Waals surface area (Å²) in [6, 6.07) is 11.9. The van der Waals surface area contributed by atoms with Crippen LogP contribution in [0.4, 0.5) is 0 Å². The van der Waals surface area contributed by atoms with E-state index in [4.69, 9.17) is 4.74 Å². The Morgan fingerprint density at radius 1 is 1.19 bits per heavy atom. The van der Waals surface area contributed by atoms with E-state index in [2.05, 4.69) is 9.88 Å². The fourth-order valence-corrected chi connectivity index (χ4v) is 3.89. The van der Waals surface area contributed by atoms with Crippen LogP contribution in [0.1, 0.15) is 11.1 Å². The van der Waals surface area contributed by atoms with Crippen molar-refractivity contribution in [3.63, 3.8) is 0 Å². The maximum atomic E-state index is 12.8. The number of para-hydroxylation sites is 1. The van der Waals surface area contributed by atoms with Crippen LogP contribution in [0.2, 0.25) is 0 Å². The molecule has 0 unspecified atom stereocenters. The van der Waals surface area contributed by atoms with Gasteiger partial charge in [-0.3, -0.25) is 14.7 Å². The summed E-state index contributed by atoms with van der Waals surface area (Å²) in [5.74, 6) is 1.05. The monoisotopic (exact) mass is 367 g/mol. The molecule has 1 amide bonds. The van der Waals surface area contributed by atoms with Gasteiger partial charge in [0.05, 0.1) is 12.6 Å². The Kier molecular flexibility index (Phi) is 5.36. The first kappa shape index (κ1) is 17.9. The van der Waals surface area contributed by atoms with E-state index >= 15 is 0 Å². The lowest BCUT2D eigenvalue weighted by Crippen LogP contribution is -2.40. The highest BCUT2D eigenvalue weighted by molar-refractivity contribution is 5.78. The smallest absolute Gasteiger partial charge is 0.236 e. The number of β-amino-alcohol motifs (C(OH)–C–C–N with tert-alkyl or cyclic N) is 1. The number of carbonyl (C=O) groups excluding carboxylic acids is 1. The largest absolute Gasteiger partial charge is 0.492 e. The molecule has 1 aromatic heterocycles. The Balaban J connectivity index is 1.35. The Bertz CT molecular complexity index is 783. The van der Waals surface area contributed by atoms with Crippen molar-refractivity contribution in [2.24, 2.45) is 5.92 Å². The number of aromatic nitrogens is 1. The molecule has 27 heavy (non-hydrogen) atoms. The van der Waals surface area contributed by atoms with Gasteiger partial charge in [-0.05, 0) is 30.2 Å². The number of hydrogen-bond donors (Lipinski definition) is 1. The SMILES string of the molecule is O=C(CN1CCOc2ccccc2C1)N1C[C@@H](Cc2ccncc2)[C@@H](O)C1. The van der Waals surface area contributed by atoms with Crippen molar-refractivity contribution in [1.29, 1.82) is 0 Å². The van der Waals surface area contributed by atoms with Gasteiger partial charge in [0.25, 0.3) is 0 Å². The van der Waals surface area contributed by atoms with E-state index in [9.17, 15) is 9.90 Å². The summed E-state index contributed by atoms with van der Waals surface area (Å²) in [4.78, 5) is 20.8. The number of pyridine rings is 1. The summed E-state index contributed by atoms with van der Waals surface area (Å²) in [5, 5.41) is 10.4. The first-order valence-electron chi connectivity index (χ1n) is 9.47. The second-order valence-corrected chi connectivity index (χ2v) is 7.35. The minimum Gasteiger partial charge on any atom is -0.492 e. The third-order valence-electron chi connectivity index (χ3n) is 5.40. The summed E-state index contributed by atoms with van der Waals surface area (Å²) in [7, 11) is 0. The van der Waals surface area contributed by atoms with Gasteiger partial charge in [-0.2, -0.15) is 0 Å². The summed E-state index contributed by atoms with van der Waals surface area (Å²) < 4.78 is 5.77. The van der Waals surface area contributed by atoms with Crippen LogP contribution in [0.25, 0.3) is 0 Å². The molecule has 0 aliphatic carbocycles. The first-order valence-corrected chi connectivity index (χ1v) is 9.47. The third-order valence-corrected chi connectivity index (χ3v) is 5.40. The molecule has 0 saturated carbocycles. The van der Waals surface area contributed by atoms with E-state index in [0.29, 0.717) is 32.8 Å². The van der Waals surface area contributed by atoms with Crippen LogP contribution in [0.5, 0.6) is 5.75 Å². The lowest BCUT2D eigenvalue weighted by molar-refractivity contribution is -0.132. The molecule has 1 fully saturated rings. The molecule has 6 heteroatoms. The van der Waals surface area contributed by atoms with E-state index in [1.807, 2.05) is 36.4 Å². The van der Waals surface area contributed by atoms with Crippen LogP contribution in [0.15, 0.2) is 48.8 Å². The fourth-order valence-electron chi connectivity index (χ4n) is 3.89. The molecule has 1 aromatic carbocycles. The molecule has 2 aliphatic rings. The van der Waals surface area contributed by atoms with E-state index < -0.39 is 6.10 Å². The van der Waals surface area contributed by atoms with Gasteiger partial charge in [-0.25, -0.2) is 0 Å². The topological polar surface area (TPSA) is 65.9 Å². The maximum Gasteiger partial charge on any atom is 0.236 e. The van der Waals surface area contributed by atoms with Crippen molar-refractivity contribution in [3.05, 3.63) is 59.9 Å². The highest BCUT2D eigenvalue weighted by Gasteiger charge is 2.34. The quantitative estimate of drug-likeness (QED) is 0.883. The van der Waals surface area contributed by atoms with Crippen molar-refractivity contribution in [2.75, 3.05) is 32.8 Å². The first-order chi connectivity index (χ1) is 13.2. The fraction of sp³-hybridized carbons (Fsp3) is 0.429. The number of hydrogen-bond acceptors (Lipinski definition) is 5. The zero-order valence-corrected chi connectivity index (χ0v) is 15.3. The Morgan fingerprint density at radius 2 is 2.00 bits per heavy atom. The molecule has 142 valence electrons. The average molecular weight is 367 g/mol. The summed E-state index contributed by atoms with van der Waals surface area (Å²) >= 11 is 0. The van der Waals surface area contributed by atoms with Crippen LogP contribution < -0.4 is 4.74 Å². The van der Waals surface area contributed by atoms with Crippen molar-refractivity contribution < 1.29 is 14.6 Å². The lowest BCUT2D eigenvalue weighted by Gasteiger charge is -2.23. The molecule has 4 rings (SSSR count). The second kappa shape index (κ2) is 8.06. The van der Waals surface area contributed by atoms with Gasteiger partial charge < -0.3 is 14.7 Å². The third kappa shape index (κ3) is 4.28. The van der Waals surface area contributed by atoms with Gasteiger partial charge in [-0.15, -0.1) is 0 Å². The summed E-state index contributed by atoms with van der Waals surface area (Å²) in [5.41, 5.74) is 2.25. The van der Waals surface area contributed by atoms with Gasteiger partial charge in [0, 0.05) is 50.1 Å². The van der Waals surface area contributed by atoms with Crippen LogP contribution in [-0.4, -0.2) is 64.7 Å². The molecule has 1 N–H and O–H groups in total. The normalized spacial score (nSPS) is 22.8. The second-order valence-electron chi connectivity index (χ2n) is 7.35. The van der Waals surface area contributed by atoms with Crippen LogP contribution >= 0.6 is 0 Å². The predicted octanol–water partition coefficient (Wildman–Crippen LogP) is 1.34. The Morgan fingerprint density at radius 3 is 2.85 bits per heavy atom. The molecule has 1 saturated heterocycles. The van der Waals surface area contributed by atoms with Crippen molar-refractivity contribution in [3.8, 4) is 5.75 Å². The zero-order valence-electron chi connectivity index (χ0n) is 15.3. The molecule has 2 atom stereocenters. The van der Waals surface area contributed by atoms with Crippen LogP contribution in [0.3, 0.4) is 0 Å². The number of likely N-dealkylation sites (tertiary alicyclic amines) is 1. The van der Waals surface area contributed by atoms with E-state index in [0.717, 1.165) is 29.8 Å². The standard InChI is InChI=1S/C21H25N3O3/c25-19-14-24(13-18(19)11-16-5-7-22-8-6-16)21(26)15-23-9-10-27-20-4-2-1-3-17(20)12-23/h1-8,18-19,25H,9-15H2/t18-,19+/m1/s1. The molecular formula is C21H25N3O3. The van der Waals surface area contributed by atoms with Crippen molar-refractivity contribution >= 4 is 5.91 Å². The average Bonchev–Trinajstić information content (AvgIpc) is 2.92. The summed E-state index contributed by atoms with van der Waals surface area (Å²) in [6.07, 6.45) is 3.81. The van der Waals surface area contributed by atoms with Gasteiger partial charge in [0.2, 0.25) is 5.91 Å². The van der Waals surface area contributed by atoms with Crippen LogP contribution in [-0.2, 0) is 17.8 Å². The van der Waals surface area contributed by atoms with Gasteiger partial charge in [0.1, 0.15) is 12.4 Å². The van der Waals surface area contributed by atoms with E-state index in [-0.39, 0.29) is 11.8 Å². The molecule has 2 aromatic rings. The zero-order chi connectivity index (χ0) is 18.6. The molecule has 0 bridgehead atoms. The molecule has 0 radical (unpaired) electrons. The molecule has 2 aliphatic heterocycles. The number of benzene rings is 1. The predicted molar refractivity (Wildman–Crippen MR) is 101 cm³/mol. The van der Waals surface area contributed by atoms with Crippen molar-refractivity contribution in [2.45, 2.75) is 19.1 Å². The minimum atomic E-state index is -0.477. The molecule has 6 nitrogen and oxygen atoms in total. The number of aliphatic hydroxyl groups is 1. The summed E-state index contributed by atoms with van der Waals surface area (Å²) in [6.45, 7) is 3.37. The number of nitrogens with zero attached hydrogens (tertiary/aromatic N) is 3. The minimum absolute atomic E-state index is 0.0737. The number of carbonyl (C=O) groups is 1. The van der Waals surface area contributed by atoms with E-state index in [1.165, 1.54) is 0 Å². The van der Waals surface area contributed by atoms with Gasteiger partial charge >= 0.3 is 0 Å². The highest BCUT2D eigenvalue weighted by Crippen LogP contribution is 2.24. The lowest BCUT2D eigenvalue weighted by atomic mass is 9.97. The number of aliphatic hydroxyl groups excluding tert-OH is 1. The Hall–Kier alpha value is -2.44. The molecule has 0 spiro atoms. The van der Waals surface area contributed by atoms with Gasteiger partial charge in [-0.1, -0.05) is 18.2 Å². The number of fused-ring (bicyclic) bond motifs is 1. The van der Waals surface area contributed by atoms with Crippen molar-refractivity contribution in [1.82, 2.24) is 14.8 Å². The van der Waals surface area contributed by atoms with Gasteiger partial charge in [0.15, 0.2) is 0 Å².